The van der Waals surface area contributed by atoms with Gasteiger partial charge in [-0.25, -0.2) is 8.42 Å². The molecule has 2 rings (SSSR count). The van der Waals surface area contributed by atoms with E-state index in [9.17, 15) is 23.3 Å². The van der Waals surface area contributed by atoms with E-state index in [1.54, 1.807) is 6.07 Å². The van der Waals surface area contributed by atoms with Crippen molar-refractivity contribution in [3.8, 4) is 5.75 Å². The predicted octanol–water partition coefficient (Wildman–Crippen LogP) is 2.01. The van der Waals surface area contributed by atoms with Crippen LogP contribution in [-0.2, 0) is 26.2 Å². The number of esters is 1. The van der Waals surface area contributed by atoms with Crippen molar-refractivity contribution in [2.75, 3.05) is 7.11 Å². The van der Waals surface area contributed by atoms with Gasteiger partial charge < -0.3 is 9.47 Å². The Morgan fingerprint density at radius 3 is 2.41 bits per heavy atom. The molecule has 1 atom stereocenters. The van der Waals surface area contributed by atoms with Crippen molar-refractivity contribution in [3.05, 3.63) is 64.2 Å². The van der Waals surface area contributed by atoms with E-state index >= 15 is 0 Å². The zero-order valence-electron chi connectivity index (χ0n) is 14.6. The molecule has 0 fully saturated rings. The summed E-state index contributed by atoms with van der Waals surface area (Å²) in [6.07, 6.45) is 0. The first-order valence-corrected chi connectivity index (χ1v) is 9.28. The molecule has 0 aliphatic heterocycles. The molecule has 27 heavy (non-hydrogen) atoms. The third-order valence-corrected chi connectivity index (χ3v) is 5.17. The minimum atomic E-state index is -3.95. The number of nitrogens with zero attached hydrogens (tertiary/aromatic N) is 1. The quantitative estimate of drug-likeness (QED) is 0.412. The number of para-hydroxylation sites is 1. The lowest BCUT2D eigenvalue weighted by Gasteiger charge is -2.14. The van der Waals surface area contributed by atoms with Crippen molar-refractivity contribution in [2.24, 2.45) is 0 Å². The summed E-state index contributed by atoms with van der Waals surface area (Å²) in [7, 11) is -2.49. The predicted molar refractivity (Wildman–Crippen MR) is 95.7 cm³/mol. The van der Waals surface area contributed by atoms with Gasteiger partial charge in [0.1, 0.15) is 18.4 Å². The van der Waals surface area contributed by atoms with Gasteiger partial charge in [-0.15, -0.1) is 0 Å². The second kappa shape index (κ2) is 8.60. The van der Waals surface area contributed by atoms with Crippen LogP contribution in [0.5, 0.6) is 5.75 Å². The van der Waals surface area contributed by atoms with E-state index in [0.717, 1.165) is 0 Å². The van der Waals surface area contributed by atoms with E-state index in [1.807, 2.05) is 0 Å². The number of nitro benzene ring substituents is 1. The van der Waals surface area contributed by atoms with E-state index in [-0.39, 0.29) is 22.8 Å². The van der Waals surface area contributed by atoms with Crippen LogP contribution in [0.2, 0.25) is 0 Å². The van der Waals surface area contributed by atoms with Crippen LogP contribution in [0.3, 0.4) is 0 Å². The maximum absolute atomic E-state index is 12.3. The number of benzene rings is 2. The molecule has 2 aromatic rings. The van der Waals surface area contributed by atoms with E-state index in [2.05, 4.69) is 4.72 Å². The Kier molecular flexibility index (Phi) is 6.48. The lowest BCUT2D eigenvalue weighted by molar-refractivity contribution is -0.385. The Morgan fingerprint density at radius 2 is 1.81 bits per heavy atom. The van der Waals surface area contributed by atoms with Crippen LogP contribution in [-0.4, -0.2) is 32.5 Å². The SMILES string of the molecule is COc1ccc(S(=O)(=O)N[C@@H](C)C(=O)OCc2ccccc2[N+](=O)[O-])cc1. The average Bonchev–Trinajstić information content (AvgIpc) is 2.65. The Bertz CT molecular complexity index is 927. The number of nitrogens with one attached hydrogen (secondary N) is 1. The van der Waals surface area contributed by atoms with Gasteiger partial charge >= 0.3 is 5.97 Å². The largest absolute Gasteiger partial charge is 0.497 e. The first-order chi connectivity index (χ1) is 12.7. The number of methoxy groups -OCH3 is 1. The number of carbonyl (C=O) groups is 1. The van der Waals surface area contributed by atoms with Crippen molar-refractivity contribution in [2.45, 2.75) is 24.5 Å². The van der Waals surface area contributed by atoms with Crippen LogP contribution in [0.25, 0.3) is 0 Å². The van der Waals surface area contributed by atoms with Gasteiger partial charge in [-0.1, -0.05) is 12.1 Å². The monoisotopic (exact) mass is 394 g/mol. The highest BCUT2D eigenvalue weighted by atomic mass is 32.2. The maximum Gasteiger partial charge on any atom is 0.324 e. The number of hydrogen-bond donors (Lipinski definition) is 1. The van der Waals surface area contributed by atoms with Gasteiger partial charge in [0.2, 0.25) is 10.0 Å². The number of nitro groups is 1. The van der Waals surface area contributed by atoms with Crippen molar-refractivity contribution < 1.29 is 27.6 Å². The molecule has 10 heteroatoms. The van der Waals surface area contributed by atoms with Crippen LogP contribution in [0, 0.1) is 10.1 Å². The molecule has 0 bridgehead atoms. The first-order valence-electron chi connectivity index (χ1n) is 7.80. The molecule has 0 unspecified atom stereocenters. The van der Waals surface area contributed by atoms with Crippen molar-refractivity contribution in [1.82, 2.24) is 4.72 Å². The zero-order chi connectivity index (χ0) is 20.0. The van der Waals surface area contributed by atoms with Gasteiger partial charge in [-0.2, -0.15) is 4.72 Å². The molecule has 2 aromatic carbocycles. The fourth-order valence-corrected chi connectivity index (χ4v) is 3.38. The van der Waals surface area contributed by atoms with Gasteiger partial charge in [0.15, 0.2) is 0 Å². The number of rotatable bonds is 8. The third kappa shape index (κ3) is 5.25. The van der Waals surface area contributed by atoms with Crippen LogP contribution in [0.15, 0.2) is 53.4 Å². The number of hydrogen-bond acceptors (Lipinski definition) is 7. The summed E-state index contributed by atoms with van der Waals surface area (Å²) < 4.78 is 36.8. The minimum absolute atomic E-state index is 0.0401. The fourth-order valence-electron chi connectivity index (χ4n) is 2.19. The normalized spacial score (nSPS) is 12.2. The van der Waals surface area contributed by atoms with Gasteiger partial charge in [0, 0.05) is 6.07 Å². The van der Waals surface area contributed by atoms with Crippen molar-refractivity contribution >= 4 is 21.7 Å². The fraction of sp³-hybridized carbons (Fsp3) is 0.235. The van der Waals surface area contributed by atoms with Crippen molar-refractivity contribution in [3.63, 3.8) is 0 Å². The molecule has 144 valence electrons. The summed E-state index contributed by atoms with van der Waals surface area (Å²) >= 11 is 0. The molecule has 0 saturated carbocycles. The Hall–Kier alpha value is -2.98. The second-order valence-electron chi connectivity index (χ2n) is 5.51. The molecule has 0 heterocycles. The molecule has 0 aliphatic carbocycles. The molecule has 1 N–H and O–H groups in total. The Labute approximate surface area is 156 Å². The van der Waals surface area contributed by atoms with Crippen LogP contribution in [0.1, 0.15) is 12.5 Å². The minimum Gasteiger partial charge on any atom is -0.497 e. The van der Waals surface area contributed by atoms with Crippen LogP contribution >= 0.6 is 0 Å². The summed E-state index contributed by atoms with van der Waals surface area (Å²) in [5, 5.41) is 11.0. The summed E-state index contributed by atoms with van der Waals surface area (Å²) in [4.78, 5) is 22.4. The summed E-state index contributed by atoms with van der Waals surface area (Å²) in [6.45, 7) is 0.980. The van der Waals surface area contributed by atoms with Crippen LogP contribution in [0.4, 0.5) is 5.69 Å². The standard InChI is InChI=1S/C17H18N2O7S/c1-12(18-27(23,24)15-9-7-14(25-2)8-10-15)17(20)26-11-13-5-3-4-6-16(13)19(21)22/h3-10,12,18H,11H2,1-2H3/t12-/m0/s1. The summed E-state index contributed by atoms with van der Waals surface area (Å²) in [5.41, 5.74) is 0.0258. The van der Waals surface area contributed by atoms with Crippen molar-refractivity contribution in [1.29, 1.82) is 0 Å². The summed E-state index contributed by atoms with van der Waals surface area (Å²) in [6, 6.07) is 10.3. The zero-order valence-corrected chi connectivity index (χ0v) is 15.4. The Balaban J connectivity index is 2.01. The number of sulfonamides is 1. The molecule has 0 aromatic heterocycles. The molecular formula is C17H18N2O7S. The molecule has 0 amide bonds. The molecule has 9 nitrogen and oxygen atoms in total. The van der Waals surface area contributed by atoms with Gasteiger partial charge in [0.25, 0.3) is 5.69 Å². The van der Waals surface area contributed by atoms with Crippen LogP contribution < -0.4 is 9.46 Å². The summed E-state index contributed by atoms with van der Waals surface area (Å²) in [5.74, 6) is -0.365. The highest BCUT2D eigenvalue weighted by Crippen LogP contribution is 2.19. The van der Waals surface area contributed by atoms with Gasteiger partial charge in [-0.3, -0.25) is 14.9 Å². The second-order valence-corrected chi connectivity index (χ2v) is 7.23. The first kappa shape index (κ1) is 20.3. The number of ether oxygens (including phenoxy) is 2. The Morgan fingerprint density at radius 1 is 1.19 bits per heavy atom. The van der Waals surface area contributed by atoms with Gasteiger partial charge in [-0.05, 0) is 37.3 Å². The molecule has 0 saturated heterocycles. The topological polar surface area (TPSA) is 125 Å². The lowest BCUT2D eigenvalue weighted by atomic mass is 10.2. The van der Waals surface area contributed by atoms with E-state index in [1.165, 1.54) is 56.5 Å². The van der Waals surface area contributed by atoms with E-state index in [4.69, 9.17) is 9.47 Å². The molecule has 0 radical (unpaired) electrons. The average molecular weight is 394 g/mol. The molecule has 0 spiro atoms. The molecule has 0 aliphatic rings. The van der Waals surface area contributed by atoms with E-state index in [0.29, 0.717) is 5.75 Å². The smallest absolute Gasteiger partial charge is 0.324 e. The van der Waals surface area contributed by atoms with E-state index < -0.39 is 27.0 Å². The maximum atomic E-state index is 12.3. The highest BCUT2D eigenvalue weighted by molar-refractivity contribution is 7.89. The lowest BCUT2D eigenvalue weighted by Crippen LogP contribution is -2.39. The molecular weight excluding hydrogens is 376 g/mol. The highest BCUT2D eigenvalue weighted by Gasteiger charge is 2.24. The number of carbonyl (C=O) groups excluding carboxylic acids is 1. The van der Waals surface area contributed by atoms with Gasteiger partial charge in [0.05, 0.1) is 22.5 Å². The third-order valence-electron chi connectivity index (χ3n) is 3.61.